The zero-order valence-corrected chi connectivity index (χ0v) is 9.55. The molecule has 0 fully saturated rings. The zero-order valence-electron chi connectivity index (χ0n) is 9.55. The highest BCUT2D eigenvalue weighted by molar-refractivity contribution is 4.88. The summed E-state index contributed by atoms with van der Waals surface area (Å²) in [6, 6.07) is 0. The minimum Gasteiger partial charge on any atom is -0.390 e. The van der Waals surface area contributed by atoms with Gasteiger partial charge in [0.2, 0.25) is 0 Å². The number of aromatic nitrogens is 3. The van der Waals surface area contributed by atoms with Crippen molar-refractivity contribution in [1.82, 2.24) is 14.8 Å². The normalized spacial score (nSPS) is 15.2. The zero-order chi connectivity index (χ0) is 11.3. The van der Waals surface area contributed by atoms with E-state index >= 15 is 0 Å². The van der Waals surface area contributed by atoms with Crippen molar-refractivity contribution in [2.45, 2.75) is 38.4 Å². The number of nitrogens with zero attached hydrogens (tertiary/aromatic N) is 3. The molecule has 0 aromatic carbocycles. The summed E-state index contributed by atoms with van der Waals surface area (Å²) < 4.78 is 6.90. The van der Waals surface area contributed by atoms with Crippen LogP contribution in [0.15, 0.2) is 6.33 Å². The Balaban J connectivity index is 2.53. The number of ether oxygens (including phenoxy) is 1. The molecule has 5 heteroatoms. The van der Waals surface area contributed by atoms with Gasteiger partial charge in [-0.2, -0.15) is 5.10 Å². The Labute approximate surface area is 90.1 Å². The topological polar surface area (TPSA) is 60.2 Å². The van der Waals surface area contributed by atoms with Crippen LogP contribution in [0.3, 0.4) is 0 Å². The molecule has 0 saturated heterocycles. The fraction of sp³-hybridized carbons (Fsp3) is 0.800. The molecular formula is C10H19N3O2. The van der Waals surface area contributed by atoms with Crippen LogP contribution in [0, 0.1) is 0 Å². The molecule has 0 radical (unpaired) electrons. The van der Waals surface area contributed by atoms with Gasteiger partial charge in [-0.1, -0.05) is 13.3 Å². The number of aryl methyl sites for hydroxylation is 1. The second-order valence-corrected chi connectivity index (χ2v) is 3.63. The lowest BCUT2D eigenvalue weighted by Crippen LogP contribution is -2.30. The summed E-state index contributed by atoms with van der Waals surface area (Å²) in [5.74, 6) is 0.778. The van der Waals surface area contributed by atoms with Crippen molar-refractivity contribution in [2.24, 2.45) is 7.05 Å². The minimum absolute atomic E-state index is 0.119. The van der Waals surface area contributed by atoms with E-state index in [2.05, 4.69) is 17.0 Å². The molecule has 0 aliphatic heterocycles. The standard InChI is InChI=1S/C10H19N3O2/c1-4-5-9(15-3)8(14)6-10-11-7-12-13(10)2/h7-9,14H,4-6H2,1-3H3. The summed E-state index contributed by atoms with van der Waals surface area (Å²) in [4.78, 5) is 4.07. The molecule has 1 aromatic heterocycles. The van der Waals surface area contributed by atoms with Crippen molar-refractivity contribution in [3.8, 4) is 0 Å². The maximum Gasteiger partial charge on any atom is 0.138 e. The van der Waals surface area contributed by atoms with Gasteiger partial charge in [-0.05, 0) is 6.42 Å². The number of hydrogen-bond acceptors (Lipinski definition) is 4. The first-order chi connectivity index (χ1) is 7.19. The molecule has 15 heavy (non-hydrogen) atoms. The number of methoxy groups -OCH3 is 1. The van der Waals surface area contributed by atoms with Gasteiger partial charge in [-0.15, -0.1) is 0 Å². The number of aliphatic hydroxyl groups excluding tert-OH is 1. The predicted molar refractivity (Wildman–Crippen MR) is 56.4 cm³/mol. The second kappa shape index (κ2) is 5.82. The number of hydrogen-bond donors (Lipinski definition) is 1. The van der Waals surface area contributed by atoms with Crippen molar-refractivity contribution in [1.29, 1.82) is 0 Å². The molecule has 0 aliphatic rings. The van der Waals surface area contributed by atoms with Gasteiger partial charge in [-0.3, -0.25) is 4.68 Å². The molecule has 0 spiro atoms. The first-order valence-corrected chi connectivity index (χ1v) is 5.22. The second-order valence-electron chi connectivity index (χ2n) is 3.63. The summed E-state index contributed by atoms with van der Waals surface area (Å²) in [7, 11) is 3.44. The Bertz CT molecular complexity index is 288. The van der Waals surface area contributed by atoms with E-state index in [-0.39, 0.29) is 6.10 Å². The molecule has 1 rings (SSSR count). The molecule has 0 bridgehead atoms. The van der Waals surface area contributed by atoms with Gasteiger partial charge in [0, 0.05) is 20.6 Å². The van der Waals surface area contributed by atoms with Crippen LogP contribution >= 0.6 is 0 Å². The van der Waals surface area contributed by atoms with E-state index in [9.17, 15) is 5.11 Å². The molecule has 1 heterocycles. The lowest BCUT2D eigenvalue weighted by molar-refractivity contribution is -0.0171. The van der Waals surface area contributed by atoms with Gasteiger partial charge < -0.3 is 9.84 Å². The third-order valence-electron chi connectivity index (χ3n) is 2.50. The van der Waals surface area contributed by atoms with Gasteiger partial charge in [0.15, 0.2) is 0 Å². The number of rotatable bonds is 6. The summed E-state index contributed by atoms with van der Waals surface area (Å²) in [6.45, 7) is 2.07. The van der Waals surface area contributed by atoms with Gasteiger partial charge in [0.25, 0.3) is 0 Å². The Morgan fingerprint density at radius 2 is 2.33 bits per heavy atom. The summed E-state index contributed by atoms with van der Waals surface area (Å²) in [6.07, 6.45) is 3.19. The SMILES string of the molecule is CCCC(OC)C(O)Cc1ncnn1C. The van der Waals surface area contributed by atoms with Crippen molar-refractivity contribution < 1.29 is 9.84 Å². The van der Waals surface area contributed by atoms with Gasteiger partial charge >= 0.3 is 0 Å². The Morgan fingerprint density at radius 1 is 1.60 bits per heavy atom. The highest BCUT2D eigenvalue weighted by Crippen LogP contribution is 2.10. The first kappa shape index (κ1) is 12.1. The van der Waals surface area contributed by atoms with E-state index in [0.29, 0.717) is 6.42 Å². The van der Waals surface area contributed by atoms with Gasteiger partial charge in [0.05, 0.1) is 12.2 Å². The van der Waals surface area contributed by atoms with E-state index < -0.39 is 6.10 Å². The molecule has 0 amide bonds. The molecule has 86 valence electrons. The molecule has 5 nitrogen and oxygen atoms in total. The fourth-order valence-electron chi connectivity index (χ4n) is 1.58. The van der Waals surface area contributed by atoms with Crippen LogP contribution in [-0.2, 0) is 18.2 Å². The average Bonchev–Trinajstić information content (AvgIpc) is 2.60. The molecule has 2 atom stereocenters. The van der Waals surface area contributed by atoms with Crippen LogP contribution in [0.5, 0.6) is 0 Å². The third kappa shape index (κ3) is 3.28. The van der Waals surface area contributed by atoms with Crippen LogP contribution in [0.25, 0.3) is 0 Å². The minimum atomic E-state index is -0.516. The molecule has 0 saturated carbocycles. The van der Waals surface area contributed by atoms with Crippen molar-refractivity contribution >= 4 is 0 Å². The smallest absolute Gasteiger partial charge is 0.138 e. The quantitative estimate of drug-likeness (QED) is 0.749. The molecule has 1 N–H and O–H groups in total. The highest BCUT2D eigenvalue weighted by atomic mass is 16.5. The van der Waals surface area contributed by atoms with Crippen LogP contribution in [-0.4, -0.2) is 39.2 Å². The largest absolute Gasteiger partial charge is 0.390 e. The Kier molecular flexibility index (Phi) is 4.71. The third-order valence-corrected chi connectivity index (χ3v) is 2.50. The van der Waals surface area contributed by atoms with Crippen LogP contribution in [0.4, 0.5) is 0 Å². The fourth-order valence-corrected chi connectivity index (χ4v) is 1.58. The molecular weight excluding hydrogens is 194 g/mol. The van der Waals surface area contributed by atoms with E-state index in [4.69, 9.17) is 4.74 Å². The van der Waals surface area contributed by atoms with Crippen molar-refractivity contribution in [3.63, 3.8) is 0 Å². The first-order valence-electron chi connectivity index (χ1n) is 5.22. The maximum absolute atomic E-state index is 9.93. The van der Waals surface area contributed by atoms with Gasteiger partial charge in [-0.25, -0.2) is 4.98 Å². The average molecular weight is 213 g/mol. The van der Waals surface area contributed by atoms with Crippen molar-refractivity contribution in [3.05, 3.63) is 12.2 Å². The van der Waals surface area contributed by atoms with Crippen LogP contribution in [0.2, 0.25) is 0 Å². The van der Waals surface area contributed by atoms with Crippen LogP contribution < -0.4 is 0 Å². The summed E-state index contributed by atoms with van der Waals surface area (Å²) in [5.41, 5.74) is 0. The highest BCUT2D eigenvalue weighted by Gasteiger charge is 2.19. The molecule has 0 aliphatic carbocycles. The van der Waals surface area contributed by atoms with E-state index in [0.717, 1.165) is 18.7 Å². The van der Waals surface area contributed by atoms with Crippen LogP contribution in [0.1, 0.15) is 25.6 Å². The molecule has 2 unspecified atom stereocenters. The Hall–Kier alpha value is -0.940. The van der Waals surface area contributed by atoms with Crippen molar-refractivity contribution in [2.75, 3.05) is 7.11 Å². The summed E-state index contributed by atoms with van der Waals surface area (Å²) in [5, 5.41) is 13.9. The Morgan fingerprint density at radius 3 is 2.80 bits per heavy atom. The van der Waals surface area contributed by atoms with E-state index in [1.165, 1.54) is 6.33 Å². The molecule has 1 aromatic rings. The maximum atomic E-state index is 9.93. The van der Waals surface area contributed by atoms with Gasteiger partial charge in [0.1, 0.15) is 12.2 Å². The lowest BCUT2D eigenvalue weighted by atomic mass is 10.1. The predicted octanol–water partition coefficient (Wildman–Crippen LogP) is 0.534. The van der Waals surface area contributed by atoms with E-state index in [1.54, 1.807) is 11.8 Å². The van der Waals surface area contributed by atoms with E-state index in [1.807, 2.05) is 7.05 Å². The lowest BCUT2D eigenvalue weighted by Gasteiger charge is -2.20. The summed E-state index contributed by atoms with van der Waals surface area (Å²) >= 11 is 0. The monoisotopic (exact) mass is 213 g/mol. The number of aliphatic hydroxyl groups is 1.